The Morgan fingerprint density at radius 3 is 2.68 bits per heavy atom. The Kier molecular flexibility index (Phi) is 6.02. The van der Waals surface area contributed by atoms with Crippen molar-refractivity contribution in [2.75, 3.05) is 6.54 Å². The van der Waals surface area contributed by atoms with Crippen molar-refractivity contribution in [3.8, 4) is 0 Å². The number of para-hydroxylation sites is 1. The van der Waals surface area contributed by atoms with Gasteiger partial charge in [0, 0.05) is 29.6 Å². The highest BCUT2D eigenvalue weighted by Gasteiger charge is 2.39. The monoisotopic (exact) mass is 384 g/mol. The van der Waals surface area contributed by atoms with Crippen molar-refractivity contribution in [2.24, 2.45) is 5.92 Å². The molecule has 150 valence electrons. The van der Waals surface area contributed by atoms with E-state index >= 15 is 0 Å². The molecule has 2 aromatic rings. The number of fused-ring (bicyclic) bond motifs is 1. The maximum atomic E-state index is 12.7. The van der Waals surface area contributed by atoms with E-state index in [1.165, 1.54) is 0 Å². The predicted octanol–water partition coefficient (Wildman–Crippen LogP) is 2.57. The number of nitrogens with one attached hydrogen (secondary N) is 3. The number of amides is 4. The lowest BCUT2D eigenvalue weighted by Gasteiger charge is -2.17. The van der Waals surface area contributed by atoms with Crippen molar-refractivity contribution in [2.45, 2.75) is 52.1 Å². The molecule has 0 saturated carbocycles. The summed E-state index contributed by atoms with van der Waals surface area (Å²) in [4.78, 5) is 41.3. The normalized spacial score (nSPS) is 18.0. The number of aromatic nitrogens is 1. The Labute approximate surface area is 164 Å². The van der Waals surface area contributed by atoms with Gasteiger partial charge in [0.1, 0.15) is 12.6 Å². The number of carbonyl (C=O) groups is 3. The molecular formula is C21H28N4O3. The van der Waals surface area contributed by atoms with Crippen molar-refractivity contribution < 1.29 is 14.4 Å². The first-order chi connectivity index (χ1) is 13.3. The van der Waals surface area contributed by atoms with E-state index in [-0.39, 0.29) is 24.4 Å². The molecule has 7 nitrogen and oxygen atoms in total. The minimum absolute atomic E-state index is 0.0117. The largest absolute Gasteiger partial charge is 0.361 e. The van der Waals surface area contributed by atoms with E-state index in [0.717, 1.165) is 34.2 Å². The van der Waals surface area contributed by atoms with E-state index < -0.39 is 12.1 Å². The van der Waals surface area contributed by atoms with Crippen LogP contribution in [0.2, 0.25) is 0 Å². The summed E-state index contributed by atoms with van der Waals surface area (Å²) in [5, 5.41) is 6.60. The van der Waals surface area contributed by atoms with Gasteiger partial charge in [-0.1, -0.05) is 32.0 Å². The molecule has 2 atom stereocenters. The smallest absolute Gasteiger partial charge is 0.325 e. The van der Waals surface area contributed by atoms with Crippen molar-refractivity contribution in [1.82, 2.24) is 20.5 Å². The predicted molar refractivity (Wildman–Crippen MR) is 108 cm³/mol. The summed E-state index contributed by atoms with van der Waals surface area (Å²) in [5.41, 5.74) is 1.95. The van der Waals surface area contributed by atoms with E-state index in [4.69, 9.17) is 0 Å². The van der Waals surface area contributed by atoms with Gasteiger partial charge < -0.3 is 15.6 Å². The van der Waals surface area contributed by atoms with Crippen LogP contribution in [-0.4, -0.2) is 46.4 Å². The summed E-state index contributed by atoms with van der Waals surface area (Å²) in [6.45, 7) is 5.96. The Morgan fingerprint density at radius 1 is 1.18 bits per heavy atom. The van der Waals surface area contributed by atoms with Crippen LogP contribution in [0.25, 0.3) is 10.9 Å². The SMILES string of the molecule is CC(C)CC[C@@H](C)NC(=O)CN1C(=O)N[C@@H](Cc2c[nH]c3ccccc23)C1=O. The van der Waals surface area contributed by atoms with Crippen LogP contribution in [0.1, 0.15) is 39.2 Å². The fourth-order valence-electron chi connectivity index (χ4n) is 3.50. The first-order valence-corrected chi connectivity index (χ1v) is 9.81. The minimum Gasteiger partial charge on any atom is -0.361 e. The fourth-order valence-corrected chi connectivity index (χ4v) is 3.50. The molecule has 7 heteroatoms. The van der Waals surface area contributed by atoms with Gasteiger partial charge in [-0.15, -0.1) is 0 Å². The number of hydrogen-bond acceptors (Lipinski definition) is 3. The molecule has 3 rings (SSSR count). The third-order valence-corrected chi connectivity index (χ3v) is 5.09. The van der Waals surface area contributed by atoms with Gasteiger partial charge in [0.15, 0.2) is 0 Å². The summed E-state index contributed by atoms with van der Waals surface area (Å²) in [5.74, 6) is -0.108. The number of hydrogen-bond donors (Lipinski definition) is 3. The molecule has 1 aromatic heterocycles. The van der Waals surface area contributed by atoms with Crippen molar-refractivity contribution in [1.29, 1.82) is 0 Å². The van der Waals surface area contributed by atoms with Gasteiger partial charge >= 0.3 is 6.03 Å². The van der Waals surface area contributed by atoms with Crippen LogP contribution in [-0.2, 0) is 16.0 Å². The Hall–Kier alpha value is -2.83. The van der Waals surface area contributed by atoms with Gasteiger partial charge in [0.2, 0.25) is 5.91 Å². The molecule has 0 aliphatic carbocycles. The molecule has 4 amide bonds. The maximum Gasteiger partial charge on any atom is 0.325 e. The van der Waals surface area contributed by atoms with E-state index in [1.807, 2.05) is 37.4 Å². The van der Waals surface area contributed by atoms with Gasteiger partial charge in [-0.3, -0.25) is 14.5 Å². The first-order valence-electron chi connectivity index (χ1n) is 9.81. The number of nitrogens with zero attached hydrogens (tertiary/aromatic N) is 1. The van der Waals surface area contributed by atoms with Gasteiger partial charge in [-0.05, 0) is 37.3 Å². The van der Waals surface area contributed by atoms with E-state index in [1.54, 1.807) is 0 Å². The van der Waals surface area contributed by atoms with Crippen LogP contribution in [0.5, 0.6) is 0 Å². The molecule has 0 spiro atoms. The quantitative estimate of drug-likeness (QED) is 0.611. The molecule has 1 aromatic carbocycles. The van der Waals surface area contributed by atoms with Crippen LogP contribution in [0.3, 0.4) is 0 Å². The summed E-state index contributed by atoms with van der Waals surface area (Å²) >= 11 is 0. The van der Waals surface area contributed by atoms with Crippen molar-refractivity contribution in [3.63, 3.8) is 0 Å². The average Bonchev–Trinajstić information content (AvgIpc) is 3.17. The molecule has 0 unspecified atom stereocenters. The molecule has 0 radical (unpaired) electrons. The number of imide groups is 1. The van der Waals surface area contributed by atoms with Crippen molar-refractivity contribution >= 4 is 28.7 Å². The van der Waals surface area contributed by atoms with E-state index in [9.17, 15) is 14.4 Å². The zero-order chi connectivity index (χ0) is 20.3. The van der Waals surface area contributed by atoms with Crippen LogP contribution in [0.15, 0.2) is 30.5 Å². The molecule has 1 aliphatic heterocycles. The summed E-state index contributed by atoms with van der Waals surface area (Å²) in [7, 11) is 0. The van der Waals surface area contributed by atoms with Crippen molar-refractivity contribution in [3.05, 3.63) is 36.0 Å². The van der Waals surface area contributed by atoms with Crippen LogP contribution in [0.4, 0.5) is 4.79 Å². The van der Waals surface area contributed by atoms with Crippen LogP contribution in [0, 0.1) is 5.92 Å². The number of benzene rings is 1. The lowest BCUT2D eigenvalue weighted by molar-refractivity contribution is -0.132. The first kappa shape index (κ1) is 19.9. The second kappa shape index (κ2) is 8.46. The fraction of sp³-hybridized carbons (Fsp3) is 0.476. The van der Waals surface area contributed by atoms with Crippen LogP contribution >= 0.6 is 0 Å². The van der Waals surface area contributed by atoms with Gasteiger partial charge in [0.25, 0.3) is 5.91 Å². The zero-order valence-corrected chi connectivity index (χ0v) is 16.6. The van der Waals surface area contributed by atoms with E-state index in [0.29, 0.717) is 12.3 Å². The summed E-state index contributed by atoms with van der Waals surface area (Å²) < 4.78 is 0. The summed E-state index contributed by atoms with van der Waals surface area (Å²) in [6, 6.07) is 6.66. The zero-order valence-electron chi connectivity index (χ0n) is 16.6. The highest BCUT2D eigenvalue weighted by Crippen LogP contribution is 2.21. The molecule has 1 saturated heterocycles. The molecule has 1 aliphatic rings. The summed E-state index contributed by atoms with van der Waals surface area (Å²) in [6.07, 6.45) is 4.12. The highest BCUT2D eigenvalue weighted by molar-refractivity contribution is 6.06. The number of carbonyl (C=O) groups excluding carboxylic acids is 3. The Balaban J connectivity index is 1.58. The van der Waals surface area contributed by atoms with Gasteiger partial charge in [-0.2, -0.15) is 0 Å². The van der Waals surface area contributed by atoms with Crippen LogP contribution < -0.4 is 10.6 Å². The molecule has 3 N–H and O–H groups in total. The third kappa shape index (κ3) is 4.52. The molecule has 0 bridgehead atoms. The lowest BCUT2D eigenvalue weighted by Crippen LogP contribution is -2.44. The number of H-pyrrole nitrogens is 1. The minimum atomic E-state index is -0.655. The van der Waals surface area contributed by atoms with E-state index in [2.05, 4.69) is 29.5 Å². The highest BCUT2D eigenvalue weighted by atomic mass is 16.2. The average molecular weight is 384 g/mol. The number of urea groups is 1. The lowest BCUT2D eigenvalue weighted by atomic mass is 10.0. The molecule has 28 heavy (non-hydrogen) atoms. The topological polar surface area (TPSA) is 94.3 Å². The van der Waals surface area contributed by atoms with Gasteiger partial charge in [-0.25, -0.2) is 4.79 Å². The maximum absolute atomic E-state index is 12.7. The number of rotatable bonds is 8. The molecule has 1 fully saturated rings. The molecular weight excluding hydrogens is 356 g/mol. The Morgan fingerprint density at radius 2 is 1.93 bits per heavy atom. The Bertz CT molecular complexity index is 873. The standard InChI is InChI=1S/C21H28N4O3/c1-13(2)8-9-14(3)23-19(26)12-25-20(27)18(24-21(25)28)10-15-11-22-17-7-5-4-6-16(15)17/h4-7,11,13-14,18,22H,8-10,12H2,1-3H3,(H,23,26)(H,24,28)/t14-,18+/m1/s1. The number of aromatic amines is 1. The van der Waals surface area contributed by atoms with Gasteiger partial charge in [0.05, 0.1) is 0 Å². The molecule has 2 heterocycles. The second-order valence-electron chi connectivity index (χ2n) is 7.93. The second-order valence-corrected chi connectivity index (χ2v) is 7.93. The third-order valence-electron chi connectivity index (χ3n) is 5.09.